The Morgan fingerprint density at radius 3 is 2.89 bits per heavy atom. The number of aromatic nitrogens is 4. The van der Waals surface area contributed by atoms with E-state index in [0.717, 1.165) is 17.0 Å². The van der Waals surface area contributed by atoms with Gasteiger partial charge in [-0.25, -0.2) is 4.98 Å². The normalized spacial score (nSPS) is 10.9. The molecule has 0 aliphatic rings. The minimum absolute atomic E-state index is 0.268. The van der Waals surface area contributed by atoms with Crippen LogP contribution in [0.25, 0.3) is 16.7 Å². The number of fused-ring (bicyclic) bond motifs is 1. The zero-order chi connectivity index (χ0) is 18.8. The number of anilines is 1. The Labute approximate surface area is 160 Å². The molecule has 136 valence electrons. The molecule has 27 heavy (non-hydrogen) atoms. The molecule has 0 aliphatic heterocycles. The highest BCUT2D eigenvalue weighted by atomic mass is 35.5. The maximum atomic E-state index is 8.61. The van der Waals surface area contributed by atoms with Crippen LogP contribution in [0.3, 0.4) is 0 Å². The molecule has 0 spiro atoms. The summed E-state index contributed by atoms with van der Waals surface area (Å²) in [5, 5.41) is 20.2. The highest BCUT2D eigenvalue weighted by Gasteiger charge is 2.12. The van der Waals surface area contributed by atoms with Gasteiger partial charge in [-0.1, -0.05) is 29.8 Å². The molecular weight excluding hydrogens is 364 g/mol. The summed E-state index contributed by atoms with van der Waals surface area (Å²) in [7, 11) is 1.64. The lowest BCUT2D eigenvalue weighted by Gasteiger charge is -2.09. The number of aromatic amines is 1. The number of ether oxygens (including phenoxy) is 1. The molecule has 0 amide bonds. The minimum atomic E-state index is 0.268. The van der Waals surface area contributed by atoms with E-state index in [2.05, 4.69) is 20.5 Å². The topological polar surface area (TPSA) is 91.6 Å². The maximum Gasteiger partial charge on any atom is 0.162 e. The van der Waals surface area contributed by atoms with E-state index in [1.54, 1.807) is 30.1 Å². The van der Waals surface area contributed by atoms with E-state index in [1.807, 2.05) is 36.4 Å². The van der Waals surface area contributed by atoms with Crippen LogP contribution in [0, 0.1) is 5.41 Å². The Kier molecular flexibility index (Phi) is 4.52. The van der Waals surface area contributed by atoms with Crippen LogP contribution in [0.15, 0.2) is 54.9 Å². The average Bonchev–Trinajstić information content (AvgIpc) is 3.11. The van der Waals surface area contributed by atoms with Gasteiger partial charge >= 0.3 is 0 Å². The number of benzene rings is 2. The molecule has 0 saturated carbocycles. The predicted molar refractivity (Wildman–Crippen MR) is 104 cm³/mol. The lowest BCUT2D eigenvalue weighted by atomic mass is 10.2. The largest absolute Gasteiger partial charge is 0.497 e. The number of methoxy groups -OCH3 is 1. The summed E-state index contributed by atoms with van der Waals surface area (Å²) in [6, 6.07) is 15.1. The zero-order valence-electron chi connectivity index (χ0n) is 14.5. The van der Waals surface area contributed by atoms with E-state index in [1.165, 1.54) is 0 Å². The zero-order valence-corrected chi connectivity index (χ0v) is 15.3. The number of nitrogens with zero attached hydrogens (tertiary/aromatic N) is 3. The van der Waals surface area contributed by atoms with E-state index in [4.69, 9.17) is 21.7 Å². The van der Waals surface area contributed by atoms with Gasteiger partial charge < -0.3 is 10.1 Å². The summed E-state index contributed by atoms with van der Waals surface area (Å²) in [6.45, 7) is 0.544. The van der Waals surface area contributed by atoms with Gasteiger partial charge in [-0.05, 0) is 35.9 Å². The van der Waals surface area contributed by atoms with Crippen molar-refractivity contribution in [2.75, 3.05) is 12.4 Å². The standard InChI is InChI=1S/C19H17ClN6O/c1-27-15-7-2-4-12(8-15)10-22-18-16-17(21)26(11-23-19(16)25-24-18)14-6-3-5-13(20)9-14/h2-9,11,21H,10H2,1H3,(H2,22,24,25). The van der Waals surface area contributed by atoms with Gasteiger partial charge in [0, 0.05) is 17.3 Å². The van der Waals surface area contributed by atoms with Crippen LogP contribution in [0.1, 0.15) is 5.56 Å². The summed E-state index contributed by atoms with van der Waals surface area (Å²) < 4.78 is 6.92. The molecule has 3 N–H and O–H groups in total. The Bertz CT molecular complexity index is 1170. The van der Waals surface area contributed by atoms with E-state index in [9.17, 15) is 0 Å². The molecule has 0 aliphatic carbocycles. The third kappa shape index (κ3) is 3.37. The number of H-pyrrole nitrogens is 1. The first-order valence-corrected chi connectivity index (χ1v) is 8.66. The molecule has 0 saturated heterocycles. The highest BCUT2D eigenvalue weighted by Crippen LogP contribution is 2.19. The molecular formula is C19H17ClN6O. The molecule has 0 bridgehead atoms. The van der Waals surface area contributed by atoms with Gasteiger partial charge in [-0.15, -0.1) is 0 Å². The van der Waals surface area contributed by atoms with Crippen molar-refractivity contribution in [1.29, 1.82) is 5.41 Å². The quantitative estimate of drug-likeness (QED) is 0.494. The van der Waals surface area contributed by atoms with Crippen molar-refractivity contribution >= 4 is 28.5 Å². The van der Waals surface area contributed by atoms with Crippen molar-refractivity contribution in [2.45, 2.75) is 6.54 Å². The first-order valence-electron chi connectivity index (χ1n) is 8.29. The fourth-order valence-corrected chi connectivity index (χ4v) is 3.05. The van der Waals surface area contributed by atoms with Crippen LogP contribution >= 0.6 is 11.6 Å². The Hall–Kier alpha value is -3.32. The monoisotopic (exact) mass is 380 g/mol. The highest BCUT2D eigenvalue weighted by molar-refractivity contribution is 6.30. The van der Waals surface area contributed by atoms with Gasteiger partial charge in [0.15, 0.2) is 11.5 Å². The first-order chi connectivity index (χ1) is 13.2. The van der Waals surface area contributed by atoms with Crippen molar-refractivity contribution in [3.8, 4) is 11.4 Å². The predicted octanol–water partition coefficient (Wildman–Crippen LogP) is 3.50. The summed E-state index contributed by atoms with van der Waals surface area (Å²) in [5.41, 5.74) is 2.63. The molecule has 0 unspecified atom stereocenters. The second kappa shape index (κ2) is 7.13. The molecule has 2 aromatic carbocycles. The summed E-state index contributed by atoms with van der Waals surface area (Å²) >= 11 is 6.08. The summed E-state index contributed by atoms with van der Waals surface area (Å²) in [6.07, 6.45) is 1.58. The smallest absolute Gasteiger partial charge is 0.162 e. The second-order valence-corrected chi connectivity index (χ2v) is 6.38. The third-order valence-corrected chi connectivity index (χ3v) is 4.44. The number of nitrogens with one attached hydrogen (secondary N) is 3. The minimum Gasteiger partial charge on any atom is -0.497 e. The second-order valence-electron chi connectivity index (χ2n) is 5.94. The van der Waals surface area contributed by atoms with E-state index < -0.39 is 0 Å². The lowest BCUT2D eigenvalue weighted by Crippen LogP contribution is -2.19. The van der Waals surface area contributed by atoms with Gasteiger partial charge in [-0.2, -0.15) is 5.10 Å². The number of hydrogen-bond acceptors (Lipinski definition) is 5. The maximum absolute atomic E-state index is 8.61. The van der Waals surface area contributed by atoms with Gasteiger partial charge in [0.05, 0.1) is 7.11 Å². The van der Waals surface area contributed by atoms with Crippen LogP contribution in [-0.2, 0) is 6.54 Å². The van der Waals surface area contributed by atoms with Gasteiger partial charge in [0.25, 0.3) is 0 Å². The first kappa shape index (κ1) is 17.1. The third-order valence-electron chi connectivity index (χ3n) is 4.21. The molecule has 0 radical (unpaired) electrons. The van der Waals surface area contributed by atoms with E-state index in [-0.39, 0.29) is 5.49 Å². The molecule has 2 heterocycles. The molecule has 7 nitrogen and oxygen atoms in total. The van der Waals surface area contributed by atoms with Crippen molar-refractivity contribution in [1.82, 2.24) is 19.7 Å². The Morgan fingerprint density at radius 1 is 1.22 bits per heavy atom. The van der Waals surface area contributed by atoms with E-state index in [0.29, 0.717) is 28.4 Å². The summed E-state index contributed by atoms with van der Waals surface area (Å²) in [5.74, 6) is 1.37. The summed E-state index contributed by atoms with van der Waals surface area (Å²) in [4.78, 5) is 4.37. The molecule has 8 heteroatoms. The van der Waals surface area contributed by atoms with Crippen LogP contribution in [0.5, 0.6) is 5.75 Å². The van der Waals surface area contributed by atoms with Crippen LogP contribution in [0.2, 0.25) is 5.02 Å². The molecule has 4 rings (SSSR count). The molecule has 4 aromatic rings. The van der Waals surface area contributed by atoms with Crippen molar-refractivity contribution < 1.29 is 4.74 Å². The SMILES string of the molecule is COc1cccc(CNc2n[nH]c3ncn(-c4cccc(Cl)c4)c(=N)c23)c1. The van der Waals surface area contributed by atoms with Crippen LogP contribution < -0.4 is 15.5 Å². The van der Waals surface area contributed by atoms with Crippen molar-refractivity contribution in [3.63, 3.8) is 0 Å². The number of hydrogen-bond donors (Lipinski definition) is 3. The van der Waals surface area contributed by atoms with Crippen molar-refractivity contribution in [2.24, 2.45) is 0 Å². The lowest BCUT2D eigenvalue weighted by molar-refractivity contribution is 0.414. The van der Waals surface area contributed by atoms with Crippen molar-refractivity contribution in [3.05, 3.63) is 70.9 Å². The molecule has 0 fully saturated rings. The Morgan fingerprint density at radius 2 is 2.07 bits per heavy atom. The number of rotatable bonds is 5. The fourth-order valence-electron chi connectivity index (χ4n) is 2.86. The van der Waals surface area contributed by atoms with Gasteiger partial charge in [-0.3, -0.25) is 15.1 Å². The van der Waals surface area contributed by atoms with Crippen LogP contribution in [-0.4, -0.2) is 26.9 Å². The Balaban J connectivity index is 1.69. The average molecular weight is 381 g/mol. The molecule has 0 atom stereocenters. The van der Waals surface area contributed by atoms with E-state index >= 15 is 0 Å². The fraction of sp³-hybridized carbons (Fsp3) is 0.105. The molecule has 2 aromatic heterocycles. The van der Waals surface area contributed by atoms with Gasteiger partial charge in [0.1, 0.15) is 23.0 Å². The van der Waals surface area contributed by atoms with Gasteiger partial charge in [0.2, 0.25) is 0 Å². The number of halogens is 1. The van der Waals surface area contributed by atoms with Crippen LogP contribution in [0.4, 0.5) is 5.82 Å².